The summed E-state index contributed by atoms with van der Waals surface area (Å²) >= 11 is 1.11. The van der Waals surface area contributed by atoms with Gasteiger partial charge in [0.15, 0.2) is 0 Å². The van der Waals surface area contributed by atoms with Crippen molar-refractivity contribution in [3.63, 3.8) is 0 Å². The Hall–Kier alpha value is -0.590. The molecule has 0 aliphatic heterocycles. The van der Waals surface area contributed by atoms with E-state index in [0.29, 0.717) is 10.5 Å². The first-order chi connectivity index (χ1) is 7.44. The number of aliphatic hydroxyl groups excluding tert-OH is 1. The highest BCUT2D eigenvalue weighted by molar-refractivity contribution is 8.00. The van der Waals surface area contributed by atoms with Gasteiger partial charge in [0.05, 0.1) is 12.4 Å². The highest BCUT2D eigenvalue weighted by Gasteiger charge is 2.10. The molecule has 1 aromatic carbocycles. The predicted octanol–water partition coefficient (Wildman–Crippen LogP) is 1.45. The molecular formula is C10H13FO3S2. The molecule has 0 amide bonds. The van der Waals surface area contributed by atoms with Crippen molar-refractivity contribution in [2.75, 3.05) is 17.8 Å². The predicted molar refractivity (Wildman–Crippen MR) is 62.8 cm³/mol. The molecule has 0 saturated heterocycles. The Bertz CT molecular complexity index is 457. The summed E-state index contributed by atoms with van der Waals surface area (Å²) in [7, 11) is -3.03. The fraction of sp³-hybridized carbons (Fsp3) is 0.400. The first-order valence-electron chi connectivity index (χ1n) is 4.63. The number of sulfone groups is 1. The lowest BCUT2D eigenvalue weighted by Gasteiger charge is -2.07. The molecule has 0 aliphatic carbocycles. The second-order valence-corrected chi connectivity index (χ2v) is 6.73. The maximum Gasteiger partial charge on any atom is 0.148 e. The van der Waals surface area contributed by atoms with Crippen LogP contribution in [0.15, 0.2) is 23.1 Å². The smallest absolute Gasteiger partial charge is 0.148 e. The summed E-state index contributed by atoms with van der Waals surface area (Å²) in [5.74, 6) is -0.144. The van der Waals surface area contributed by atoms with Crippen molar-refractivity contribution < 1.29 is 17.9 Å². The van der Waals surface area contributed by atoms with Crippen LogP contribution >= 0.6 is 11.8 Å². The van der Waals surface area contributed by atoms with E-state index in [0.717, 1.165) is 18.0 Å². The standard InChI is InChI=1S/C10H13FO3S2/c1-16(13,14)6-5-15-10-8(7-12)3-2-4-9(10)11/h2-4,12H,5-7H2,1H3. The Morgan fingerprint density at radius 3 is 2.69 bits per heavy atom. The average Bonchev–Trinajstić information content (AvgIpc) is 2.18. The first kappa shape index (κ1) is 13.5. The van der Waals surface area contributed by atoms with Crippen LogP contribution in [-0.2, 0) is 16.4 Å². The van der Waals surface area contributed by atoms with Gasteiger partial charge in [-0.2, -0.15) is 0 Å². The van der Waals surface area contributed by atoms with Gasteiger partial charge in [-0.15, -0.1) is 11.8 Å². The average molecular weight is 264 g/mol. The van der Waals surface area contributed by atoms with Gasteiger partial charge in [0.25, 0.3) is 0 Å². The van der Waals surface area contributed by atoms with Crippen molar-refractivity contribution in [1.82, 2.24) is 0 Å². The zero-order chi connectivity index (χ0) is 12.2. The van der Waals surface area contributed by atoms with E-state index < -0.39 is 15.7 Å². The first-order valence-corrected chi connectivity index (χ1v) is 7.67. The molecule has 0 spiro atoms. The van der Waals surface area contributed by atoms with E-state index >= 15 is 0 Å². The van der Waals surface area contributed by atoms with Gasteiger partial charge in [0.2, 0.25) is 0 Å². The number of thioether (sulfide) groups is 1. The largest absolute Gasteiger partial charge is 0.392 e. The van der Waals surface area contributed by atoms with E-state index in [1.54, 1.807) is 6.07 Å². The van der Waals surface area contributed by atoms with Gasteiger partial charge >= 0.3 is 0 Å². The minimum absolute atomic E-state index is 0.00311. The lowest BCUT2D eigenvalue weighted by Crippen LogP contribution is -2.05. The van der Waals surface area contributed by atoms with Crippen LogP contribution in [0.1, 0.15) is 5.56 Å². The highest BCUT2D eigenvalue weighted by Crippen LogP contribution is 2.26. The third-order valence-corrected chi connectivity index (χ3v) is 4.28. The molecule has 0 aliphatic rings. The lowest BCUT2D eigenvalue weighted by molar-refractivity contribution is 0.277. The van der Waals surface area contributed by atoms with Crippen molar-refractivity contribution >= 4 is 21.6 Å². The Morgan fingerprint density at radius 2 is 2.12 bits per heavy atom. The molecule has 0 aromatic heterocycles. The van der Waals surface area contributed by atoms with E-state index in [4.69, 9.17) is 5.11 Å². The van der Waals surface area contributed by atoms with Crippen molar-refractivity contribution in [1.29, 1.82) is 0 Å². The molecule has 0 saturated carbocycles. The van der Waals surface area contributed by atoms with Crippen LogP contribution < -0.4 is 0 Å². The van der Waals surface area contributed by atoms with Crippen molar-refractivity contribution in [3.8, 4) is 0 Å². The van der Waals surface area contributed by atoms with E-state index in [9.17, 15) is 12.8 Å². The Morgan fingerprint density at radius 1 is 1.44 bits per heavy atom. The molecule has 1 N–H and O–H groups in total. The fourth-order valence-corrected chi connectivity index (χ4v) is 3.41. The van der Waals surface area contributed by atoms with E-state index in [1.807, 2.05) is 0 Å². The third-order valence-electron chi connectivity index (χ3n) is 1.92. The minimum atomic E-state index is -3.03. The summed E-state index contributed by atoms with van der Waals surface area (Å²) in [6.45, 7) is -0.251. The highest BCUT2D eigenvalue weighted by atomic mass is 32.2. The molecule has 6 heteroatoms. The molecule has 1 rings (SSSR count). The van der Waals surface area contributed by atoms with E-state index in [2.05, 4.69) is 0 Å². The van der Waals surface area contributed by atoms with Crippen LogP contribution in [0.5, 0.6) is 0 Å². The lowest BCUT2D eigenvalue weighted by atomic mass is 10.2. The summed E-state index contributed by atoms with van der Waals surface area (Å²) in [5.41, 5.74) is 0.485. The van der Waals surface area contributed by atoms with Crippen LogP contribution in [0.25, 0.3) is 0 Å². The SMILES string of the molecule is CS(=O)(=O)CCSc1c(F)cccc1CO. The normalized spacial score (nSPS) is 11.7. The molecule has 3 nitrogen and oxygen atoms in total. The molecule has 16 heavy (non-hydrogen) atoms. The van der Waals surface area contributed by atoms with Crippen molar-refractivity contribution in [2.24, 2.45) is 0 Å². The molecule has 0 unspecified atom stereocenters. The van der Waals surface area contributed by atoms with Gasteiger partial charge in [-0.3, -0.25) is 0 Å². The van der Waals surface area contributed by atoms with Gasteiger partial charge in [0.1, 0.15) is 15.7 Å². The molecule has 0 fully saturated rings. The second-order valence-electron chi connectivity index (χ2n) is 3.36. The Labute approximate surface area is 98.6 Å². The summed E-state index contributed by atoms with van der Waals surface area (Å²) in [4.78, 5) is 0.327. The van der Waals surface area contributed by atoms with Gasteiger partial charge in [-0.05, 0) is 11.6 Å². The van der Waals surface area contributed by atoms with Crippen LogP contribution in [0.3, 0.4) is 0 Å². The van der Waals surface area contributed by atoms with Crippen molar-refractivity contribution in [3.05, 3.63) is 29.6 Å². The van der Waals surface area contributed by atoms with E-state index in [-0.39, 0.29) is 18.1 Å². The molecule has 1 aromatic rings. The van der Waals surface area contributed by atoms with Crippen LogP contribution in [0.4, 0.5) is 4.39 Å². The maximum absolute atomic E-state index is 13.4. The van der Waals surface area contributed by atoms with Gasteiger partial charge in [-0.1, -0.05) is 12.1 Å². The fourth-order valence-electron chi connectivity index (χ4n) is 1.13. The Kier molecular flexibility index (Phi) is 4.76. The number of halogens is 1. The van der Waals surface area contributed by atoms with E-state index in [1.165, 1.54) is 12.1 Å². The molecule has 0 radical (unpaired) electrons. The zero-order valence-electron chi connectivity index (χ0n) is 8.81. The van der Waals surface area contributed by atoms with Gasteiger partial charge in [0, 0.05) is 16.9 Å². The quantitative estimate of drug-likeness (QED) is 0.818. The Balaban J connectivity index is 2.73. The van der Waals surface area contributed by atoms with Crippen LogP contribution in [0, 0.1) is 5.82 Å². The summed E-state index contributed by atoms with van der Waals surface area (Å²) in [6, 6.07) is 4.43. The van der Waals surface area contributed by atoms with Gasteiger partial charge in [-0.25, -0.2) is 12.8 Å². The third kappa shape index (κ3) is 4.11. The number of benzene rings is 1. The molecule has 0 heterocycles. The maximum atomic E-state index is 13.4. The zero-order valence-corrected chi connectivity index (χ0v) is 10.4. The number of hydrogen-bond donors (Lipinski definition) is 1. The molecular weight excluding hydrogens is 251 g/mol. The number of rotatable bonds is 5. The second kappa shape index (κ2) is 5.65. The minimum Gasteiger partial charge on any atom is -0.392 e. The topological polar surface area (TPSA) is 54.4 Å². The summed E-state index contributed by atoms with van der Waals surface area (Å²) in [5, 5.41) is 9.00. The summed E-state index contributed by atoms with van der Waals surface area (Å²) < 4.78 is 35.2. The summed E-state index contributed by atoms with van der Waals surface area (Å²) in [6.07, 6.45) is 1.14. The number of hydrogen-bond acceptors (Lipinski definition) is 4. The molecule has 90 valence electrons. The van der Waals surface area contributed by atoms with Crippen LogP contribution in [-0.4, -0.2) is 31.3 Å². The molecule has 0 bridgehead atoms. The number of aliphatic hydroxyl groups is 1. The van der Waals surface area contributed by atoms with Crippen LogP contribution in [0.2, 0.25) is 0 Å². The molecule has 0 atom stereocenters. The van der Waals surface area contributed by atoms with Crippen molar-refractivity contribution in [2.45, 2.75) is 11.5 Å². The monoisotopic (exact) mass is 264 g/mol. The van der Waals surface area contributed by atoms with Gasteiger partial charge < -0.3 is 5.11 Å².